The lowest BCUT2D eigenvalue weighted by Crippen LogP contribution is -2.26. The Kier molecular flexibility index (Phi) is 6.45. The lowest BCUT2D eigenvalue weighted by molar-refractivity contribution is 0.271. The van der Waals surface area contributed by atoms with Gasteiger partial charge in [-0.15, -0.1) is 0 Å². The molecule has 2 N–H and O–H groups in total. The van der Waals surface area contributed by atoms with E-state index in [0.717, 1.165) is 19.4 Å². The van der Waals surface area contributed by atoms with Gasteiger partial charge in [-0.25, -0.2) is 0 Å². The third-order valence-corrected chi connectivity index (χ3v) is 3.97. The number of nitrogens with one attached hydrogen (secondary N) is 1. The van der Waals surface area contributed by atoms with Crippen LogP contribution >= 0.6 is 0 Å². The predicted octanol–water partition coefficient (Wildman–Crippen LogP) is 3.89. The second-order valence-electron chi connectivity index (χ2n) is 5.40. The Hall–Kier alpha value is -1.64. The molecule has 0 heterocycles. The van der Waals surface area contributed by atoms with Crippen molar-refractivity contribution in [2.45, 2.75) is 31.7 Å². The Morgan fingerprint density at radius 2 is 1.48 bits per heavy atom. The number of rotatable bonds is 8. The van der Waals surface area contributed by atoms with E-state index in [1.54, 1.807) is 0 Å². The van der Waals surface area contributed by atoms with Crippen LogP contribution in [0.5, 0.6) is 0 Å². The Bertz CT molecular complexity index is 497. The third-order valence-electron chi connectivity index (χ3n) is 3.97. The third kappa shape index (κ3) is 4.69. The molecule has 2 aromatic carbocycles. The smallest absolute Gasteiger partial charge is 0.0437 e. The second kappa shape index (κ2) is 8.60. The molecule has 0 aliphatic heterocycles. The molecule has 2 unspecified atom stereocenters. The molecule has 0 fully saturated rings. The first-order valence-electron chi connectivity index (χ1n) is 7.79. The van der Waals surface area contributed by atoms with Crippen molar-refractivity contribution in [2.75, 3.05) is 13.2 Å². The van der Waals surface area contributed by atoms with Crippen LogP contribution in [-0.2, 0) is 0 Å². The summed E-state index contributed by atoms with van der Waals surface area (Å²) in [4.78, 5) is 0. The number of aliphatic hydroxyl groups is 1. The standard InChI is InChI=1S/C19H25NO/c1-2-19(17-11-7-4-8-12-17)20-15-18(13-14-21)16-9-5-3-6-10-16/h3-12,18-21H,2,13-15H2,1H3. The van der Waals surface area contributed by atoms with Crippen molar-refractivity contribution in [1.29, 1.82) is 0 Å². The number of hydrogen-bond donors (Lipinski definition) is 2. The van der Waals surface area contributed by atoms with Crippen molar-refractivity contribution in [3.8, 4) is 0 Å². The quantitative estimate of drug-likeness (QED) is 0.770. The van der Waals surface area contributed by atoms with E-state index in [9.17, 15) is 5.11 Å². The van der Waals surface area contributed by atoms with Crippen molar-refractivity contribution >= 4 is 0 Å². The molecule has 0 bridgehead atoms. The SMILES string of the molecule is CCC(NCC(CCO)c1ccccc1)c1ccccc1. The number of hydrogen-bond acceptors (Lipinski definition) is 2. The van der Waals surface area contributed by atoms with Gasteiger partial charge in [-0.1, -0.05) is 67.6 Å². The molecule has 112 valence electrons. The molecule has 0 aliphatic carbocycles. The summed E-state index contributed by atoms with van der Waals surface area (Å²) in [5.41, 5.74) is 2.62. The van der Waals surface area contributed by atoms with E-state index in [2.05, 4.69) is 66.8 Å². The average Bonchev–Trinajstić information content (AvgIpc) is 2.56. The summed E-state index contributed by atoms with van der Waals surface area (Å²) in [6.07, 6.45) is 1.85. The van der Waals surface area contributed by atoms with Gasteiger partial charge in [-0.05, 0) is 29.9 Å². The maximum Gasteiger partial charge on any atom is 0.0437 e. The molecule has 0 aliphatic rings. The van der Waals surface area contributed by atoms with Gasteiger partial charge in [0.05, 0.1) is 0 Å². The molecule has 0 radical (unpaired) electrons. The van der Waals surface area contributed by atoms with Gasteiger partial charge in [-0.3, -0.25) is 0 Å². The zero-order valence-corrected chi connectivity index (χ0v) is 12.7. The van der Waals surface area contributed by atoms with Crippen LogP contribution in [0.15, 0.2) is 60.7 Å². The largest absolute Gasteiger partial charge is 0.396 e. The van der Waals surface area contributed by atoms with Gasteiger partial charge < -0.3 is 10.4 Å². The van der Waals surface area contributed by atoms with Crippen molar-refractivity contribution < 1.29 is 5.11 Å². The fraction of sp³-hybridized carbons (Fsp3) is 0.368. The molecule has 0 spiro atoms. The summed E-state index contributed by atoms with van der Waals surface area (Å²) in [7, 11) is 0. The van der Waals surface area contributed by atoms with E-state index >= 15 is 0 Å². The number of aliphatic hydroxyl groups excluding tert-OH is 1. The Balaban J connectivity index is 2.01. The molecular formula is C19H25NO. The minimum Gasteiger partial charge on any atom is -0.396 e. The van der Waals surface area contributed by atoms with Gasteiger partial charge in [0.2, 0.25) is 0 Å². The summed E-state index contributed by atoms with van der Waals surface area (Å²) in [5, 5.41) is 13.0. The van der Waals surface area contributed by atoms with E-state index in [4.69, 9.17) is 0 Å². The fourth-order valence-electron chi connectivity index (χ4n) is 2.74. The van der Waals surface area contributed by atoms with Crippen LogP contribution in [0.2, 0.25) is 0 Å². The van der Waals surface area contributed by atoms with Crippen LogP contribution in [0, 0.1) is 0 Å². The minimum atomic E-state index is 0.226. The van der Waals surface area contributed by atoms with Crippen LogP contribution in [0.3, 0.4) is 0 Å². The molecule has 2 aromatic rings. The van der Waals surface area contributed by atoms with E-state index < -0.39 is 0 Å². The predicted molar refractivity (Wildman–Crippen MR) is 88.4 cm³/mol. The highest BCUT2D eigenvalue weighted by Gasteiger charge is 2.14. The van der Waals surface area contributed by atoms with Crippen molar-refractivity contribution in [2.24, 2.45) is 0 Å². The van der Waals surface area contributed by atoms with Gasteiger partial charge in [0.1, 0.15) is 0 Å². The highest BCUT2D eigenvalue weighted by atomic mass is 16.3. The van der Waals surface area contributed by atoms with E-state index in [0.29, 0.717) is 12.0 Å². The summed E-state index contributed by atoms with van der Waals surface area (Å²) in [6, 6.07) is 21.4. The van der Waals surface area contributed by atoms with Gasteiger partial charge in [-0.2, -0.15) is 0 Å². The average molecular weight is 283 g/mol. The van der Waals surface area contributed by atoms with E-state index in [-0.39, 0.29) is 6.61 Å². The summed E-state index contributed by atoms with van der Waals surface area (Å²) >= 11 is 0. The molecule has 2 rings (SSSR count). The van der Waals surface area contributed by atoms with Crippen LogP contribution in [0.4, 0.5) is 0 Å². The molecule has 21 heavy (non-hydrogen) atoms. The summed E-state index contributed by atoms with van der Waals surface area (Å²) < 4.78 is 0. The van der Waals surface area contributed by atoms with E-state index in [1.165, 1.54) is 11.1 Å². The molecule has 0 amide bonds. The summed E-state index contributed by atoms with van der Waals surface area (Å²) in [5.74, 6) is 0.356. The minimum absolute atomic E-state index is 0.226. The van der Waals surface area contributed by atoms with Gasteiger partial charge >= 0.3 is 0 Å². The molecule has 0 aromatic heterocycles. The Morgan fingerprint density at radius 1 is 0.905 bits per heavy atom. The maximum absolute atomic E-state index is 9.31. The van der Waals surface area contributed by atoms with Crippen LogP contribution in [0.1, 0.15) is 42.9 Å². The molecule has 2 heteroatoms. The fourth-order valence-corrected chi connectivity index (χ4v) is 2.74. The molecule has 2 atom stereocenters. The second-order valence-corrected chi connectivity index (χ2v) is 5.40. The molecule has 0 saturated carbocycles. The first-order chi connectivity index (χ1) is 10.3. The zero-order valence-electron chi connectivity index (χ0n) is 12.7. The summed E-state index contributed by atoms with van der Waals surface area (Å²) in [6.45, 7) is 3.32. The Labute approximate surface area is 127 Å². The number of benzene rings is 2. The van der Waals surface area contributed by atoms with Gasteiger partial charge in [0, 0.05) is 19.2 Å². The molecule has 0 saturated heterocycles. The Morgan fingerprint density at radius 3 is 2.00 bits per heavy atom. The first kappa shape index (κ1) is 15.7. The van der Waals surface area contributed by atoms with Crippen molar-refractivity contribution in [3.63, 3.8) is 0 Å². The zero-order chi connectivity index (χ0) is 14.9. The van der Waals surface area contributed by atoms with Crippen LogP contribution < -0.4 is 5.32 Å². The highest BCUT2D eigenvalue weighted by Crippen LogP contribution is 2.21. The highest BCUT2D eigenvalue weighted by molar-refractivity contribution is 5.21. The lowest BCUT2D eigenvalue weighted by atomic mass is 9.95. The van der Waals surface area contributed by atoms with Crippen LogP contribution in [-0.4, -0.2) is 18.3 Å². The molecule has 2 nitrogen and oxygen atoms in total. The van der Waals surface area contributed by atoms with Gasteiger partial charge in [0.15, 0.2) is 0 Å². The monoisotopic (exact) mass is 283 g/mol. The first-order valence-corrected chi connectivity index (χ1v) is 7.79. The van der Waals surface area contributed by atoms with Gasteiger partial charge in [0.25, 0.3) is 0 Å². The van der Waals surface area contributed by atoms with Crippen molar-refractivity contribution in [3.05, 3.63) is 71.8 Å². The normalized spacial score (nSPS) is 13.8. The molecular weight excluding hydrogens is 258 g/mol. The van der Waals surface area contributed by atoms with E-state index in [1.807, 2.05) is 6.07 Å². The maximum atomic E-state index is 9.31. The topological polar surface area (TPSA) is 32.3 Å². The van der Waals surface area contributed by atoms with Crippen molar-refractivity contribution in [1.82, 2.24) is 5.32 Å². The lowest BCUT2D eigenvalue weighted by Gasteiger charge is -2.22. The van der Waals surface area contributed by atoms with Crippen LogP contribution in [0.25, 0.3) is 0 Å².